The SMILES string of the molecule is C[C@H](c1ccccc1[Se+])N(C)C. The molecule has 12 heavy (non-hydrogen) atoms. The van der Waals surface area contributed by atoms with E-state index in [4.69, 9.17) is 0 Å². The molecule has 1 atom stereocenters. The van der Waals surface area contributed by atoms with Gasteiger partial charge in [0.1, 0.15) is 0 Å². The molecular weight excluding hydrogens is 213 g/mol. The topological polar surface area (TPSA) is 3.24 Å². The van der Waals surface area contributed by atoms with Crippen LogP contribution in [0.2, 0.25) is 0 Å². The molecule has 0 aliphatic carbocycles. The fourth-order valence-electron chi connectivity index (χ4n) is 1.10. The van der Waals surface area contributed by atoms with Crippen LogP contribution >= 0.6 is 0 Å². The van der Waals surface area contributed by atoms with Crippen LogP contribution in [0.4, 0.5) is 0 Å². The summed E-state index contributed by atoms with van der Waals surface area (Å²) in [6.07, 6.45) is 0. The van der Waals surface area contributed by atoms with Crippen molar-refractivity contribution in [2.75, 3.05) is 14.1 Å². The number of hydrogen-bond donors (Lipinski definition) is 0. The van der Waals surface area contributed by atoms with E-state index in [1.165, 1.54) is 10.0 Å². The molecule has 0 heterocycles. The Morgan fingerprint density at radius 1 is 1.25 bits per heavy atom. The van der Waals surface area contributed by atoms with Crippen molar-refractivity contribution in [3.05, 3.63) is 29.8 Å². The Morgan fingerprint density at radius 3 is 2.33 bits per heavy atom. The Hall–Kier alpha value is -0.301. The van der Waals surface area contributed by atoms with E-state index in [0.29, 0.717) is 6.04 Å². The van der Waals surface area contributed by atoms with Crippen LogP contribution in [0.3, 0.4) is 0 Å². The summed E-state index contributed by atoms with van der Waals surface area (Å²) < 4.78 is 1.25. The average molecular weight is 227 g/mol. The van der Waals surface area contributed by atoms with Crippen LogP contribution < -0.4 is 4.46 Å². The molecule has 1 aromatic rings. The van der Waals surface area contributed by atoms with Crippen molar-refractivity contribution in [3.63, 3.8) is 0 Å². The summed E-state index contributed by atoms with van der Waals surface area (Å²) >= 11 is 3.08. The molecule has 0 fully saturated rings. The summed E-state index contributed by atoms with van der Waals surface area (Å²) in [6.45, 7) is 2.20. The molecule has 0 N–H and O–H groups in total. The van der Waals surface area contributed by atoms with Crippen LogP contribution in [0.5, 0.6) is 0 Å². The molecule has 0 unspecified atom stereocenters. The van der Waals surface area contributed by atoms with Gasteiger partial charge in [0.05, 0.1) is 0 Å². The van der Waals surface area contributed by atoms with E-state index in [1.54, 1.807) is 0 Å². The molecule has 64 valence electrons. The van der Waals surface area contributed by atoms with E-state index < -0.39 is 0 Å². The van der Waals surface area contributed by atoms with Crippen LogP contribution in [-0.2, 0) is 0 Å². The molecule has 2 radical (unpaired) electrons. The van der Waals surface area contributed by atoms with E-state index >= 15 is 0 Å². The molecule has 0 aromatic heterocycles. The number of hydrogen-bond acceptors (Lipinski definition) is 1. The van der Waals surface area contributed by atoms with Gasteiger partial charge < -0.3 is 0 Å². The second-order valence-electron chi connectivity index (χ2n) is 3.18. The van der Waals surface area contributed by atoms with Gasteiger partial charge in [-0.3, -0.25) is 0 Å². The molecule has 0 spiro atoms. The summed E-state index contributed by atoms with van der Waals surface area (Å²) in [5.74, 6) is 0. The standard InChI is InChI=1S/C10H14NSe/c1-8(11(2)3)9-6-4-5-7-10(9)12/h4-8H,1-3H3/q+1/t8-/m1/s1. The van der Waals surface area contributed by atoms with Crippen LogP contribution in [0.25, 0.3) is 0 Å². The minimum absolute atomic E-state index is 0.474. The molecule has 0 saturated carbocycles. The Labute approximate surface area is 82.6 Å². The molecule has 0 aliphatic rings. The van der Waals surface area contributed by atoms with Gasteiger partial charge in [0.15, 0.2) is 0 Å². The van der Waals surface area contributed by atoms with Gasteiger partial charge in [-0.05, 0) is 0 Å². The van der Waals surface area contributed by atoms with E-state index in [0.717, 1.165) is 0 Å². The molecule has 1 aromatic carbocycles. The molecule has 2 heteroatoms. The summed E-state index contributed by atoms with van der Waals surface area (Å²) in [4.78, 5) is 2.20. The zero-order valence-corrected chi connectivity index (χ0v) is 9.46. The normalized spacial score (nSPS) is 13.3. The second kappa shape index (κ2) is 4.08. The Morgan fingerprint density at radius 2 is 1.83 bits per heavy atom. The van der Waals surface area contributed by atoms with Gasteiger partial charge in [-0.1, -0.05) is 0 Å². The average Bonchev–Trinajstić information content (AvgIpc) is 2.04. The van der Waals surface area contributed by atoms with Gasteiger partial charge in [0, 0.05) is 0 Å². The van der Waals surface area contributed by atoms with E-state index in [1.807, 2.05) is 0 Å². The van der Waals surface area contributed by atoms with Crippen molar-refractivity contribution < 1.29 is 0 Å². The maximum atomic E-state index is 3.08. The summed E-state index contributed by atoms with van der Waals surface area (Å²) in [5.41, 5.74) is 1.36. The molecule has 0 aliphatic heterocycles. The number of nitrogens with zero attached hydrogens (tertiary/aromatic N) is 1. The zero-order chi connectivity index (χ0) is 9.14. The van der Waals surface area contributed by atoms with Crippen LogP contribution in [0.1, 0.15) is 18.5 Å². The van der Waals surface area contributed by atoms with Crippen molar-refractivity contribution in [3.8, 4) is 0 Å². The summed E-state index contributed by atoms with van der Waals surface area (Å²) in [6, 6.07) is 8.88. The first-order chi connectivity index (χ1) is 5.63. The van der Waals surface area contributed by atoms with E-state index in [-0.39, 0.29) is 0 Å². The Kier molecular flexibility index (Phi) is 3.33. The van der Waals surface area contributed by atoms with Gasteiger partial charge in [0.2, 0.25) is 0 Å². The van der Waals surface area contributed by atoms with Crippen LogP contribution in [0, 0.1) is 0 Å². The van der Waals surface area contributed by atoms with Gasteiger partial charge in [0.25, 0.3) is 0 Å². The van der Waals surface area contributed by atoms with Crippen molar-refractivity contribution in [1.82, 2.24) is 4.90 Å². The van der Waals surface area contributed by atoms with Gasteiger partial charge in [-0.2, -0.15) is 0 Å². The summed E-state index contributed by atoms with van der Waals surface area (Å²) in [5, 5.41) is 0. The molecule has 1 rings (SSSR count). The van der Waals surface area contributed by atoms with Crippen molar-refractivity contribution in [2.24, 2.45) is 0 Å². The maximum absolute atomic E-state index is 3.08. The zero-order valence-electron chi connectivity index (χ0n) is 7.74. The third kappa shape index (κ3) is 2.10. The first-order valence-corrected chi connectivity index (χ1v) is 4.91. The molecule has 0 saturated heterocycles. The minimum atomic E-state index is 0.474. The molecule has 0 amide bonds. The second-order valence-corrected chi connectivity index (χ2v) is 4.10. The molecule has 1 nitrogen and oxygen atoms in total. The first kappa shape index (κ1) is 9.78. The first-order valence-electron chi connectivity index (χ1n) is 4.05. The number of rotatable bonds is 2. The number of benzene rings is 1. The van der Waals surface area contributed by atoms with Crippen LogP contribution in [0.15, 0.2) is 24.3 Å². The third-order valence-electron chi connectivity index (χ3n) is 2.14. The van der Waals surface area contributed by atoms with Gasteiger partial charge in [-0.15, -0.1) is 0 Å². The molecule has 0 bridgehead atoms. The van der Waals surface area contributed by atoms with E-state index in [9.17, 15) is 0 Å². The predicted octanol–water partition coefficient (Wildman–Crippen LogP) is 1.10. The Bertz CT molecular complexity index is 258. The molecular formula is C10H14NSe+. The monoisotopic (exact) mass is 228 g/mol. The fourth-order valence-corrected chi connectivity index (χ4v) is 1.77. The van der Waals surface area contributed by atoms with Crippen molar-refractivity contribution >= 4 is 20.5 Å². The van der Waals surface area contributed by atoms with Crippen LogP contribution in [-0.4, -0.2) is 35.0 Å². The van der Waals surface area contributed by atoms with Crippen molar-refractivity contribution in [1.29, 1.82) is 0 Å². The van der Waals surface area contributed by atoms with Gasteiger partial charge >= 0.3 is 82.3 Å². The summed E-state index contributed by atoms with van der Waals surface area (Å²) in [7, 11) is 4.19. The van der Waals surface area contributed by atoms with Gasteiger partial charge in [-0.25, -0.2) is 0 Å². The van der Waals surface area contributed by atoms with E-state index in [2.05, 4.69) is 66.2 Å². The predicted molar refractivity (Wildman–Crippen MR) is 53.9 cm³/mol. The quantitative estimate of drug-likeness (QED) is 0.684. The Balaban J connectivity index is 2.94. The van der Waals surface area contributed by atoms with Crippen molar-refractivity contribution in [2.45, 2.75) is 13.0 Å². The third-order valence-corrected chi connectivity index (χ3v) is 2.92. The fraction of sp³-hybridized carbons (Fsp3) is 0.400.